The lowest BCUT2D eigenvalue weighted by atomic mass is 10.7. The minimum absolute atomic E-state index is 0.283. The van der Waals surface area contributed by atoms with Gasteiger partial charge in [0.15, 0.2) is 0 Å². The van der Waals surface area contributed by atoms with Crippen molar-refractivity contribution in [3.8, 4) is 0 Å². The van der Waals surface area contributed by atoms with Crippen molar-refractivity contribution in [1.29, 1.82) is 0 Å². The molecule has 0 amide bonds. The Hall–Kier alpha value is -1.11. The average molecular weight is 182 g/mol. The van der Waals surface area contributed by atoms with Crippen LogP contribution in [-0.2, 0) is 4.53 Å². The van der Waals surface area contributed by atoms with Crippen molar-refractivity contribution in [3.63, 3.8) is 0 Å². The first-order valence-corrected chi connectivity index (χ1v) is 4.97. The first-order chi connectivity index (χ1) is 6.00. The Balaban J connectivity index is 0.000000120. The normalized spacial score (nSPS) is 16.7. The largest absolute Gasteiger partial charge is 0.348 e. The van der Waals surface area contributed by atoms with E-state index in [4.69, 9.17) is 4.53 Å². The summed E-state index contributed by atoms with van der Waals surface area (Å²) < 4.78 is 4.87. The van der Waals surface area contributed by atoms with Gasteiger partial charge in [0.2, 0.25) is 9.76 Å². The number of hydroxylamine groups is 1. The first-order valence-electron chi connectivity index (χ1n) is 3.58. The van der Waals surface area contributed by atoms with E-state index in [-0.39, 0.29) is 9.76 Å². The Morgan fingerprint density at radius 2 is 2.17 bits per heavy atom. The highest BCUT2D eigenvalue weighted by atomic mass is 28.2. The minimum atomic E-state index is -0.283. The zero-order valence-electron chi connectivity index (χ0n) is 6.55. The Morgan fingerprint density at radius 1 is 1.33 bits per heavy atom. The average Bonchev–Trinajstić information content (AvgIpc) is 2.24. The molecule has 0 spiro atoms. The Kier molecular flexibility index (Phi) is 4.93. The highest BCUT2D eigenvalue weighted by Gasteiger charge is 1.85. The van der Waals surface area contributed by atoms with E-state index in [1.165, 1.54) is 0 Å². The maximum Gasteiger partial charge on any atom is 0.213 e. The molecule has 1 aromatic rings. The summed E-state index contributed by atoms with van der Waals surface area (Å²) in [5.74, 6) is 0. The van der Waals surface area contributed by atoms with Gasteiger partial charge in [0.25, 0.3) is 0 Å². The second-order valence-corrected chi connectivity index (χ2v) is 3.04. The van der Waals surface area contributed by atoms with E-state index in [2.05, 4.69) is 32.7 Å². The van der Waals surface area contributed by atoms with Gasteiger partial charge < -0.3 is 4.53 Å². The molecule has 0 fully saturated rings. The second kappa shape index (κ2) is 6.59. The molecule has 0 atom stereocenters. The van der Waals surface area contributed by atoms with Crippen LogP contribution >= 0.6 is 0 Å². The molecule has 0 bridgehead atoms. The van der Waals surface area contributed by atoms with E-state index in [0.29, 0.717) is 0 Å². The molecular weight excluding hydrogens is 172 g/mol. The van der Waals surface area contributed by atoms with E-state index in [0.717, 1.165) is 6.54 Å². The van der Waals surface area contributed by atoms with Crippen molar-refractivity contribution in [2.45, 2.75) is 0 Å². The van der Waals surface area contributed by atoms with Crippen LogP contribution in [0.5, 0.6) is 0 Å². The predicted octanol–water partition coefficient (Wildman–Crippen LogP) is -1.01. The van der Waals surface area contributed by atoms with Gasteiger partial charge in [-0.1, -0.05) is 11.8 Å². The lowest BCUT2D eigenvalue weighted by molar-refractivity contribution is 0.220. The van der Waals surface area contributed by atoms with Gasteiger partial charge in [0.1, 0.15) is 0 Å². The summed E-state index contributed by atoms with van der Waals surface area (Å²) in [6, 6.07) is 1.72. The maximum atomic E-state index is 4.87. The van der Waals surface area contributed by atoms with Crippen LogP contribution in [0.2, 0.25) is 0 Å². The van der Waals surface area contributed by atoms with Crippen LogP contribution in [0.3, 0.4) is 0 Å². The lowest BCUT2D eigenvalue weighted by Gasteiger charge is -2.02. The first kappa shape index (κ1) is 8.98. The number of rotatable bonds is 0. The molecule has 12 heavy (non-hydrogen) atoms. The van der Waals surface area contributed by atoms with Crippen LogP contribution in [0.25, 0.3) is 0 Å². The smallest absolute Gasteiger partial charge is 0.213 e. The number of nitrogens with one attached hydrogen (secondary N) is 1. The summed E-state index contributed by atoms with van der Waals surface area (Å²) in [6.07, 6.45) is 5.25. The molecule has 1 N–H and O–H groups in total. The van der Waals surface area contributed by atoms with Gasteiger partial charge in [-0.3, -0.25) is 0 Å². The molecule has 0 saturated carbocycles. The molecular formula is C6H10N4OSi. The Morgan fingerprint density at radius 3 is 2.33 bits per heavy atom. The SMILES string of the molecule is C1=C[SiH2]ONC1.c1cnnnc1. The number of nitrogens with zero attached hydrogens (tertiary/aromatic N) is 3. The van der Waals surface area contributed by atoms with E-state index in [1.807, 2.05) is 0 Å². The fraction of sp³-hybridized carbons (Fsp3) is 0.167. The standard InChI is InChI=1S/C3H3N3.C3H7NOSi/c1-2-4-6-5-3-1;1-2-4-5-6-3-1/h1-3H;1,3-4H,2,6H2. The summed E-state index contributed by atoms with van der Waals surface area (Å²) in [7, 11) is -0.283. The zero-order chi connectivity index (χ0) is 8.49. The van der Waals surface area contributed by atoms with Crippen molar-refractivity contribution in [2.75, 3.05) is 6.54 Å². The maximum absolute atomic E-state index is 4.87. The quantitative estimate of drug-likeness (QED) is 0.521. The van der Waals surface area contributed by atoms with Crippen LogP contribution < -0.4 is 5.48 Å². The summed E-state index contributed by atoms with van der Waals surface area (Å²) in [6.45, 7) is 0.882. The molecule has 1 aliphatic rings. The van der Waals surface area contributed by atoms with Crippen molar-refractivity contribution in [1.82, 2.24) is 20.9 Å². The third-order valence-electron chi connectivity index (χ3n) is 1.06. The van der Waals surface area contributed by atoms with Crippen LogP contribution in [0.4, 0.5) is 0 Å². The highest BCUT2D eigenvalue weighted by Crippen LogP contribution is 1.75. The summed E-state index contributed by atoms with van der Waals surface area (Å²) in [5, 5.41) is 10.1. The fourth-order valence-electron chi connectivity index (χ4n) is 0.570. The van der Waals surface area contributed by atoms with E-state index >= 15 is 0 Å². The molecule has 6 heteroatoms. The zero-order valence-corrected chi connectivity index (χ0v) is 7.97. The number of aromatic nitrogens is 3. The van der Waals surface area contributed by atoms with Crippen LogP contribution in [0.1, 0.15) is 0 Å². The second-order valence-electron chi connectivity index (χ2n) is 1.94. The van der Waals surface area contributed by atoms with Crippen LogP contribution in [-0.4, -0.2) is 31.7 Å². The van der Waals surface area contributed by atoms with Gasteiger partial charge >= 0.3 is 0 Å². The summed E-state index contributed by atoms with van der Waals surface area (Å²) in [4.78, 5) is 0. The molecule has 1 aliphatic heterocycles. The molecule has 0 aliphatic carbocycles. The molecule has 2 rings (SSSR count). The predicted molar refractivity (Wildman–Crippen MR) is 46.6 cm³/mol. The topological polar surface area (TPSA) is 59.9 Å². The molecule has 5 nitrogen and oxygen atoms in total. The third kappa shape index (κ3) is 4.66. The molecule has 0 aromatic carbocycles. The molecule has 2 heterocycles. The van der Waals surface area contributed by atoms with Crippen molar-refractivity contribution >= 4 is 9.76 Å². The van der Waals surface area contributed by atoms with Gasteiger partial charge in [-0.05, 0) is 11.3 Å². The molecule has 0 radical (unpaired) electrons. The van der Waals surface area contributed by atoms with Crippen molar-refractivity contribution in [3.05, 3.63) is 30.2 Å². The van der Waals surface area contributed by atoms with E-state index < -0.39 is 0 Å². The molecule has 0 saturated heterocycles. The van der Waals surface area contributed by atoms with Crippen molar-refractivity contribution in [2.24, 2.45) is 0 Å². The highest BCUT2D eigenvalue weighted by molar-refractivity contribution is 6.34. The molecule has 0 unspecified atom stereocenters. The summed E-state index contributed by atoms with van der Waals surface area (Å²) in [5.41, 5.74) is 4.88. The molecule has 1 aromatic heterocycles. The number of hydrogen-bond donors (Lipinski definition) is 1. The van der Waals surface area contributed by atoms with Gasteiger partial charge in [0.05, 0.1) is 12.4 Å². The van der Waals surface area contributed by atoms with E-state index in [1.54, 1.807) is 18.5 Å². The van der Waals surface area contributed by atoms with Gasteiger partial charge in [-0.2, -0.15) is 0 Å². The lowest BCUT2D eigenvalue weighted by Crippen LogP contribution is -2.20. The molecule has 64 valence electrons. The van der Waals surface area contributed by atoms with Gasteiger partial charge in [-0.25, -0.2) is 5.48 Å². The van der Waals surface area contributed by atoms with Crippen molar-refractivity contribution < 1.29 is 4.53 Å². The summed E-state index contributed by atoms with van der Waals surface area (Å²) >= 11 is 0. The minimum Gasteiger partial charge on any atom is -0.348 e. The monoisotopic (exact) mass is 182 g/mol. The Labute approximate surface area is 72.7 Å². The third-order valence-corrected chi connectivity index (χ3v) is 1.95. The van der Waals surface area contributed by atoms with Crippen LogP contribution in [0.15, 0.2) is 30.2 Å². The van der Waals surface area contributed by atoms with Crippen LogP contribution in [0, 0.1) is 0 Å². The van der Waals surface area contributed by atoms with E-state index in [9.17, 15) is 0 Å². The number of hydrogen-bond acceptors (Lipinski definition) is 5. The Bertz CT molecular complexity index is 183. The van der Waals surface area contributed by atoms with Gasteiger partial charge in [-0.15, -0.1) is 10.2 Å². The fourth-order valence-corrected chi connectivity index (χ4v) is 1.21. The van der Waals surface area contributed by atoms with Gasteiger partial charge in [0, 0.05) is 6.54 Å².